The standard InChI is InChI=1S/C14H19Cl2N3O/c1-3-14(4-6-17-7-5-14)13(20)19-11-9(2)8-10(15)18-12(11)16/h8,17H,3-7H2,1-2H3,(H,19,20). The van der Waals surface area contributed by atoms with Crippen LogP contribution in [0.15, 0.2) is 6.07 Å². The van der Waals surface area contributed by atoms with Crippen LogP contribution >= 0.6 is 23.2 Å². The summed E-state index contributed by atoms with van der Waals surface area (Å²) < 4.78 is 0. The summed E-state index contributed by atoms with van der Waals surface area (Å²) in [5.74, 6) is 0.0237. The van der Waals surface area contributed by atoms with Crippen LogP contribution in [0.3, 0.4) is 0 Å². The fraction of sp³-hybridized carbons (Fsp3) is 0.571. The van der Waals surface area contributed by atoms with Gasteiger partial charge in [0.1, 0.15) is 5.15 Å². The molecule has 1 aliphatic rings. The third kappa shape index (κ3) is 3.08. The summed E-state index contributed by atoms with van der Waals surface area (Å²) >= 11 is 11.9. The lowest BCUT2D eigenvalue weighted by Gasteiger charge is -2.35. The Labute approximate surface area is 129 Å². The third-order valence-electron chi connectivity index (χ3n) is 4.10. The summed E-state index contributed by atoms with van der Waals surface area (Å²) in [7, 11) is 0. The van der Waals surface area contributed by atoms with Crippen LogP contribution in [-0.2, 0) is 4.79 Å². The van der Waals surface area contributed by atoms with Crippen molar-refractivity contribution in [3.8, 4) is 0 Å². The number of nitrogens with one attached hydrogen (secondary N) is 2. The van der Waals surface area contributed by atoms with E-state index in [2.05, 4.69) is 22.5 Å². The van der Waals surface area contributed by atoms with E-state index in [1.807, 2.05) is 6.92 Å². The Bertz CT molecular complexity index is 490. The number of aromatic nitrogens is 1. The van der Waals surface area contributed by atoms with Crippen molar-refractivity contribution in [2.75, 3.05) is 18.4 Å². The van der Waals surface area contributed by atoms with Gasteiger partial charge in [-0.25, -0.2) is 4.98 Å². The Kier molecular flexibility index (Phi) is 4.89. The predicted octanol–water partition coefficient (Wildman–Crippen LogP) is 3.42. The van der Waals surface area contributed by atoms with E-state index in [-0.39, 0.29) is 16.5 Å². The maximum atomic E-state index is 12.7. The topological polar surface area (TPSA) is 54.0 Å². The first-order valence-electron chi connectivity index (χ1n) is 6.83. The summed E-state index contributed by atoms with van der Waals surface area (Å²) in [5, 5.41) is 6.80. The van der Waals surface area contributed by atoms with Crippen molar-refractivity contribution in [3.63, 3.8) is 0 Å². The van der Waals surface area contributed by atoms with Crippen molar-refractivity contribution in [3.05, 3.63) is 21.9 Å². The van der Waals surface area contributed by atoms with Gasteiger partial charge in [-0.3, -0.25) is 4.79 Å². The van der Waals surface area contributed by atoms with Crippen molar-refractivity contribution in [1.29, 1.82) is 0 Å². The SMILES string of the molecule is CCC1(C(=O)Nc2c(C)cc(Cl)nc2Cl)CCNCC1. The maximum absolute atomic E-state index is 12.7. The number of hydrogen-bond donors (Lipinski definition) is 2. The second kappa shape index (κ2) is 6.29. The molecule has 0 spiro atoms. The normalized spacial score (nSPS) is 17.8. The lowest BCUT2D eigenvalue weighted by Crippen LogP contribution is -2.44. The zero-order valence-corrected chi connectivity index (χ0v) is 13.2. The van der Waals surface area contributed by atoms with E-state index < -0.39 is 0 Å². The van der Waals surface area contributed by atoms with Gasteiger partial charge in [-0.2, -0.15) is 0 Å². The van der Waals surface area contributed by atoms with E-state index in [0.717, 1.165) is 37.9 Å². The van der Waals surface area contributed by atoms with Crippen molar-refractivity contribution >= 4 is 34.8 Å². The molecule has 0 aliphatic carbocycles. The Morgan fingerprint density at radius 3 is 2.65 bits per heavy atom. The molecule has 1 saturated heterocycles. The smallest absolute Gasteiger partial charge is 0.230 e. The number of rotatable bonds is 3. The predicted molar refractivity (Wildman–Crippen MR) is 82.5 cm³/mol. The van der Waals surface area contributed by atoms with Crippen LogP contribution < -0.4 is 10.6 Å². The first-order chi connectivity index (χ1) is 9.48. The van der Waals surface area contributed by atoms with Crippen LogP contribution in [0.25, 0.3) is 0 Å². The molecule has 1 aliphatic heterocycles. The molecule has 2 N–H and O–H groups in total. The number of anilines is 1. The van der Waals surface area contributed by atoms with Gasteiger partial charge in [-0.05, 0) is 50.9 Å². The highest BCUT2D eigenvalue weighted by atomic mass is 35.5. The lowest BCUT2D eigenvalue weighted by molar-refractivity contribution is -0.127. The van der Waals surface area contributed by atoms with E-state index >= 15 is 0 Å². The summed E-state index contributed by atoms with van der Waals surface area (Å²) in [6.07, 6.45) is 2.50. The molecule has 0 bridgehead atoms. The molecule has 4 nitrogen and oxygen atoms in total. The van der Waals surface area contributed by atoms with Crippen LogP contribution in [0.4, 0.5) is 5.69 Å². The van der Waals surface area contributed by atoms with Crippen LogP contribution in [0.5, 0.6) is 0 Å². The largest absolute Gasteiger partial charge is 0.323 e. The van der Waals surface area contributed by atoms with Crippen molar-refractivity contribution in [2.45, 2.75) is 33.1 Å². The fourth-order valence-electron chi connectivity index (χ4n) is 2.64. The first kappa shape index (κ1) is 15.5. The van der Waals surface area contributed by atoms with Gasteiger partial charge < -0.3 is 10.6 Å². The lowest BCUT2D eigenvalue weighted by atomic mass is 9.76. The van der Waals surface area contributed by atoms with Gasteiger partial charge in [-0.1, -0.05) is 30.1 Å². The number of piperidine rings is 1. The molecule has 1 aromatic rings. The average Bonchev–Trinajstić information content (AvgIpc) is 2.43. The second-order valence-electron chi connectivity index (χ2n) is 5.27. The Balaban J connectivity index is 2.23. The number of nitrogens with zero attached hydrogens (tertiary/aromatic N) is 1. The van der Waals surface area contributed by atoms with Gasteiger partial charge >= 0.3 is 0 Å². The van der Waals surface area contributed by atoms with E-state index in [1.165, 1.54) is 0 Å². The quantitative estimate of drug-likeness (QED) is 0.840. The molecule has 0 unspecified atom stereocenters. The zero-order valence-electron chi connectivity index (χ0n) is 11.7. The maximum Gasteiger partial charge on any atom is 0.230 e. The number of carbonyl (C=O) groups is 1. The van der Waals surface area contributed by atoms with Gasteiger partial charge in [-0.15, -0.1) is 0 Å². The molecule has 1 amide bonds. The van der Waals surface area contributed by atoms with Gasteiger partial charge in [0.15, 0.2) is 5.15 Å². The summed E-state index contributed by atoms with van der Waals surface area (Å²) in [6, 6.07) is 1.70. The van der Waals surface area contributed by atoms with E-state index in [9.17, 15) is 4.79 Å². The minimum Gasteiger partial charge on any atom is -0.323 e. The minimum absolute atomic E-state index is 0.0237. The highest BCUT2D eigenvalue weighted by molar-refractivity contribution is 6.34. The molecule has 20 heavy (non-hydrogen) atoms. The van der Waals surface area contributed by atoms with Crippen molar-refractivity contribution < 1.29 is 4.79 Å². The molecule has 0 atom stereocenters. The van der Waals surface area contributed by atoms with Gasteiger partial charge in [0.25, 0.3) is 0 Å². The monoisotopic (exact) mass is 315 g/mol. The van der Waals surface area contributed by atoms with Gasteiger partial charge in [0.2, 0.25) is 5.91 Å². The van der Waals surface area contributed by atoms with Gasteiger partial charge in [0, 0.05) is 0 Å². The fourth-order valence-corrected chi connectivity index (χ4v) is 3.22. The number of aryl methyl sites for hydroxylation is 1. The summed E-state index contributed by atoms with van der Waals surface area (Å²) in [4.78, 5) is 16.6. The first-order valence-corrected chi connectivity index (χ1v) is 7.59. The van der Waals surface area contributed by atoms with Crippen molar-refractivity contribution in [2.24, 2.45) is 5.41 Å². The summed E-state index contributed by atoms with van der Waals surface area (Å²) in [5.41, 5.74) is 1.07. The molecular weight excluding hydrogens is 297 g/mol. The Morgan fingerprint density at radius 1 is 1.45 bits per heavy atom. The Morgan fingerprint density at radius 2 is 2.10 bits per heavy atom. The highest BCUT2D eigenvalue weighted by Gasteiger charge is 2.38. The Hall–Kier alpha value is -0.840. The molecule has 2 rings (SSSR count). The zero-order chi connectivity index (χ0) is 14.8. The van der Waals surface area contributed by atoms with Crippen LogP contribution in [0.2, 0.25) is 10.3 Å². The average molecular weight is 316 g/mol. The molecule has 1 aromatic heterocycles. The van der Waals surface area contributed by atoms with Gasteiger partial charge in [0.05, 0.1) is 11.1 Å². The molecule has 110 valence electrons. The molecule has 0 aromatic carbocycles. The number of pyridine rings is 1. The molecule has 0 saturated carbocycles. The molecule has 2 heterocycles. The van der Waals surface area contributed by atoms with Crippen LogP contribution in [0.1, 0.15) is 31.7 Å². The number of hydrogen-bond acceptors (Lipinski definition) is 3. The number of halogens is 2. The van der Waals surface area contributed by atoms with Crippen LogP contribution in [0, 0.1) is 12.3 Å². The van der Waals surface area contributed by atoms with E-state index in [4.69, 9.17) is 23.2 Å². The highest BCUT2D eigenvalue weighted by Crippen LogP contribution is 2.35. The molecule has 1 fully saturated rings. The summed E-state index contributed by atoms with van der Waals surface area (Å²) in [6.45, 7) is 5.65. The molecule has 6 heteroatoms. The second-order valence-corrected chi connectivity index (χ2v) is 6.01. The number of carbonyl (C=O) groups excluding carboxylic acids is 1. The van der Waals surface area contributed by atoms with Crippen LogP contribution in [-0.4, -0.2) is 24.0 Å². The molecular formula is C14H19Cl2N3O. The van der Waals surface area contributed by atoms with E-state index in [1.54, 1.807) is 6.07 Å². The third-order valence-corrected chi connectivity index (χ3v) is 4.57. The van der Waals surface area contributed by atoms with Crippen molar-refractivity contribution in [1.82, 2.24) is 10.3 Å². The molecule has 0 radical (unpaired) electrons. The number of amides is 1. The van der Waals surface area contributed by atoms with E-state index in [0.29, 0.717) is 10.8 Å². The minimum atomic E-state index is -0.319.